The molecule has 0 amide bonds. The Balaban J connectivity index is 2.02. The molecule has 0 unspecified atom stereocenters. The first-order chi connectivity index (χ1) is 10.2. The lowest BCUT2D eigenvalue weighted by Crippen LogP contribution is -2.04. The minimum Gasteiger partial charge on any atom is -0.508 e. The van der Waals surface area contributed by atoms with E-state index >= 15 is 0 Å². The third-order valence-corrected chi connectivity index (χ3v) is 3.67. The Morgan fingerprint density at radius 3 is 2.81 bits per heavy atom. The first-order valence-electron chi connectivity index (χ1n) is 6.46. The van der Waals surface area contributed by atoms with Crippen molar-refractivity contribution in [2.24, 2.45) is 0 Å². The Labute approximate surface area is 120 Å². The van der Waals surface area contributed by atoms with Crippen LogP contribution in [0, 0.1) is 0 Å². The third kappa shape index (κ3) is 1.64. The molecule has 0 saturated heterocycles. The Morgan fingerprint density at radius 1 is 1.14 bits per heavy atom. The number of rotatable bonds is 1. The zero-order valence-corrected chi connectivity index (χ0v) is 11.2. The van der Waals surface area contributed by atoms with E-state index in [1.165, 1.54) is 13.2 Å². The minimum atomic E-state index is 0.0357. The fraction of sp³-hybridized carbons (Fsp3) is 0.125. The smallest absolute Gasteiger partial charge is 0.149 e. The van der Waals surface area contributed by atoms with Gasteiger partial charge in [-0.05, 0) is 12.1 Å². The molecular weight excluding hydrogens is 272 g/mol. The van der Waals surface area contributed by atoms with Crippen LogP contribution in [0.4, 0.5) is 0 Å². The molecular formula is C16H12O5. The molecule has 1 aliphatic heterocycles. The van der Waals surface area contributed by atoms with E-state index in [2.05, 4.69) is 0 Å². The van der Waals surface area contributed by atoms with Crippen LogP contribution >= 0.6 is 0 Å². The first kappa shape index (κ1) is 12.0. The highest BCUT2D eigenvalue weighted by molar-refractivity contribution is 5.92. The number of fused-ring (bicyclic) bond motifs is 5. The third-order valence-electron chi connectivity index (χ3n) is 3.67. The van der Waals surface area contributed by atoms with Gasteiger partial charge in [0, 0.05) is 29.1 Å². The van der Waals surface area contributed by atoms with Crippen LogP contribution in [0.2, 0.25) is 0 Å². The Bertz CT molecular complexity index is 863. The van der Waals surface area contributed by atoms with E-state index < -0.39 is 0 Å². The van der Waals surface area contributed by atoms with Crippen molar-refractivity contribution in [3.05, 3.63) is 35.9 Å². The Morgan fingerprint density at radius 2 is 2.00 bits per heavy atom. The van der Waals surface area contributed by atoms with E-state index in [4.69, 9.17) is 13.9 Å². The van der Waals surface area contributed by atoms with Gasteiger partial charge in [-0.15, -0.1) is 0 Å². The van der Waals surface area contributed by atoms with Gasteiger partial charge in [0.15, 0.2) is 0 Å². The van der Waals surface area contributed by atoms with Gasteiger partial charge in [-0.3, -0.25) is 0 Å². The predicted octanol–water partition coefficient (Wildman–Crippen LogP) is 3.41. The molecule has 5 nitrogen and oxygen atoms in total. The summed E-state index contributed by atoms with van der Waals surface area (Å²) in [6.07, 6.45) is 0. The van der Waals surface area contributed by atoms with Crippen molar-refractivity contribution in [3.8, 4) is 34.3 Å². The number of hydrogen-bond acceptors (Lipinski definition) is 5. The van der Waals surface area contributed by atoms with Gasteiger partial charge in [-0.1, -0.05) is 0 Å². The van der Waals surface area contributed by atoms with Gasteiger partial charge >= 0.3 is 0 Å². The van der Waals surface area contributed by atoms with E-state index in [1.54, 1.807) is 24.3 Å². The second-order valence-corrected chi connectivity index (χ2v) is 4.90. The molecule has 5 heteroatoms. The van der Waals surface area contributed by atoms with E-state index in [0.29, 0.717) is 35.0 Å². The average Bonchev–Trinajstić information content (AvgIpc) is 2.83. The highest BCUT2D eigenvalue weighted by Crippen LogP contribution is 2.48. The van der Waals surface area contributed by atoms with E-state index in [9.17, 15) is 10.2 Å². The molecule has 0 aliphatic carbocycles. The van der Waals surface area contributed by atoms with Gasteiger partial charge in [0.1, 0.15) is 46.5 Å². The molecule has 106 valence electrons. The average molecular weight is 284 g/mol. The molecule has 2 heterocycles. The number of ether oxygens (including phenoxy) is 2. The second kappa shape index (κ2) is 4.09. The summed E-state index contributed by atoms with van der Waals surface area (Å²) >= 11 is 0. The van der Waals surface area contributed by atoms with E-state index in [0.717, 1.165) is 10.9 Å². The summed E-state index contributed by atoms with van der Waals surface area (Å²) in [4.78, 5) is 0. The number of phenolic OH excluding ortho intramolecular Hbond substituents is 2. The van der Waals surface area contributed by atoms with Crippen LogP contribution in [-0.4, -0.2) is 17.3 Å². The maximum Gasteiger partial charge on any atom is 0.149 e. The molecule has 0 spiro atoms. The molecule has 0 atom stereocenters. The van der Waals surface area contributed by atoms with Crippen LogP contribution in [0.15, 0.2) is 34.7 Å². The summed E-state index contributed by atoms with van der Waals surface area (Å²) < 4.78 is 16.6. The van der Waals surface area contributed by atoms with Crippen molar-refractivity contribution in [2.75, 3.05) is 7.11 Å². The lowest BCUT2D eigenvalue weighted by Gasteiger charge is -2.18. The van der Waals surface area contributed by atoms with Crippen LogP contribution in [0.3, 0.4) is 0 Å². The highest BCUT2D eigenvalue weighted by Gasteiger charge is 2.27. The molecule has 0 fully saturated rings. The SMILES string of the molecule is COc1cc(O)c2c(c1)OCc1c-2oc2cc(O)ccc12. The predicted molar refractivity (Wildman–Crippen MR) is 75.9 cm³/mol. The maximum atomic E-state index is 10.2. The van der Waals surface area contributed by atoms with E-state index in [-0.39, 0.29) is 11.5 Å². The van der Waals surface area contributed by atoms with Crippen molar-refractivity contribution in [1.82, 2.24) is 0 Å². The Hall–Kier alpha value is -2.82. The molecule has 4 rings (SSSR count). The summed E-state index contributed by atoms with van der Waals surface area (Å²) in [5.41, 5.74) is 1.93. The molecule has 2 N–H and O–H groups in total. The second-order valence-electron chi connectivity index (χ2n) is 4.90. The number of furan rings is 1. The molecule has 1 aliphatic rings. The fourth-order valence-electron chi connectivity index (χ4n) is 2.67. The number of methoxy groups -OCH3 is 1. The largest absolute Gasteiger partial charge is 0.508 e. The summed E-state index contributed by atoms with van der Waals surface area (Å²) in [7, 11) is 1.53. The summed E-state index contributed by atoms with van der Waals surface area (Å²) in [5.74, 6) is 1.77. The van der Waals surface area contributed by atoms with Crippen molar-refractivity contribution in [1.29, 1.82) is 0 Å². The molecule has 3 aromatic rings. The number of benzene rings is 2. The standard InChI is InChI=1S/C16H12O5/c1-19-9-5-12(18)15-14(6-9)20-7-11-10-3-2-8(17)4-13(10)21-16(11)15/h2-6,17-18H,7H2,1H3. The first-order valence-corrected chi connectivity index (χ1v) is 6.46. The lowest BCUT2D eigenvalue weighted by atomic mass is 10.0. The zero-order valence-electron chi connectivity index (χ0n) is 11.2. The molecule has 2 aromatic carbocycles. The number of aromatic hydroxyl groups is 2. The van der Waals surface area contributed by atoms with Gasteiger partial charge in [0.25, 0.3) is 0 Å². The lowest BCUT2D eigenvalue weighted by molar-refractivity contribution is 0.295. The van der Waals surface area contributed by atoms with Crippen molar-refractivity contribution in [3.63, 3.8) is 0 Å². The molecule has 21 heavy (non-hydrogen) atoms. The van der Waals surface area contributed by atoms with Gasteiger partial charge < -0.3 is 24.1 Å². The van der Waals surface area contributed by atoms with E-state index in [1.807, 2.05) is 0 Å². The topological polar surface area (TPSA) is 72.1 Å². The van der Waals surface area contributed by atoms with Gasteiger partial charge in [0.2, 0.25) is 0 Å². The van der Waals surface area contributed by atoms with Crippen molar-refractivity contribution in [2.45, 2.75) is 6.61 Å². The molecule has 1 aromatic heterocycles. The van der Waals surface area contributed by atoms with Crippen LogP contribution in [0.1, 0.15) is 5.56 Å². The minimum absolute atomic E-state index is 0.0357. The summed E-state index contributed by atoms with van der Waals surface area (Å²) in [6, 6.07) is 8.15. The van der Waals surface area contributed by atoms with Gasteiger partial charge in [-0.25, -0.2) is 0 Å². The van der Waals surface area contributed by atoms with Crippen molar-refractivity contribution >= 4 is 11.0 Å². The molecule has 0 saturated carbocycles. The van der Waals surface area contributed by atoms with Gasteiger partial charge in [-0.2, -0.15) is 0 Å². The summed E-state index contributed by atoms with van der Waals surface area (Å²) in [5, 5.41) is 20.6. The van der Waals surface area contributed by atoms with Crippen LogP contribution in [0.5, 0.6) is 23.0 Å². The molecule has 0 bridgehead atoms. The molecule has 0 radical (unpaired) electrons. The van der Waals surface area contributed by atoms with Crippen LogP contribution < -0.4 is 9.47 Å². The van der Waals surface area contributed by atoms with Gasteiger partial charge in [0.05, 0.1) is 7.11 Å². The normalized spacial score (nSPS) is 12.6. The summed E-state index contributed by atoms with van der Waals surface area (Å²) in [6.45, 7) is 0.340. The zero-order chi connectivity index (χ0) is 14.6. The van der Waals surface area contributed by atoms with Crippen LogP contribution in [-0.2, 0) is 6.61 Å². The number of hydrogen-bond donors (Lipinski definition) is 2. The van der Waals surface area contributed by atoms with Crippen LogP contribution in [0.25, 0.3) is 22.3 Å². The van der Waals surface area contributed by atoms with Crippen molar-refractivity contribution < 1.29 is 24.1 Å². The fourth-order valence-corrected chi connectivity index (χ4v) is 2.67. The maximum absolute atomic E-state index is 10.2. The highest BCUT2D eigenvalue weighted by atomic mass is 16.5. The monoisotopic (exact) mass is 284 g/mol. The Kier molecular flexibility index (Phi) is 2.33. The number of phenols is 2. The quantitative estimate of drug-likeness (QED) is 0.716.